The molecule has 5 heteroatoms. The summed E-state index contributed by atoms with van der Waals surface area (Å²) in [7, 11) is 0. The van der Waals surface area contributed by atoms with Gasteiger partial charge in [-0.3, -0.25) is 0 Å². The average Bonchev–Trinajstić information content (AvgIpc) is 3.12. The summed E-state index contributed by atoms with van der Waals surface area (Å²) in [6.45, 7) is 6.52. The third-order valence-electron chi connectivity index (χ3n) is 5.51. The van der Waals surface area contributed by atoms with Gasteiger partial charge in [-0.2, -0.15) is 4.52 Å². The van der Waals surface area contributed by atoms with Crippen molar-refractivity contribution in [2.24, 2.45) is 5.92 Å². The first-order valence-corrected chi connectivity index (χ1v) is 9.67. The van der Waals surface area contributed by atoms with Crippen molar-refractivity contribution in [3.63, 3.8) is 0 Å². The van der Waals surface area contributed by atoms with E-state index in [4.69, 9.17) is 4.98 Å². The van der Waals surface area contributed by atoms with Gasteiger partial charge in [0.05, 0.1) is 5.52 Å². The number of aromatic nitrogens is 4. The molecule has 27 heavy (non-hydrogen) atoms. The smallest absolute Gasteiger partial charge is 0.186 e. The summed E-state index contributed by atoms with van der Waals surface area (Å²) in [5.74, 6) is 1.75. The molecular weight excluding hydrogens is 334 g/mol. The number of hydrogen-bond donors (Lipinski definition) is 0. The van der Waals surface area contributed by atoms with Gasteiger partial charge in [-0.1, -0.05) is 54.1 Å². The van der Waals surface area contributed by atoms with Crippen molar-refractivity contribution in [2.45, 2.75) is 26.7 Å². The molecule has 1 fully saturated rings. The predicted octanol–water partition coefficient (Wildman–Crippen LogP) is 4.49. The second kappa shape index (κ2) is 6.34. The van der Waals surface area contributed by atoms with E-state index in [1.807, 2.05) is 4.52 Å². The minimum absolute atomic E-state index is 0.690. The molecule has 3 heterocycles. The highest BCUT2D eigenvalue weighted by Crippen LogP contribution is 2.32. The highest BCUT2D eigenvalue weighted by molar-refractivity contribution is 5.93. The summed E-state index contributed by atoms with van der Waals surface area (Å²) >= 11 is 0. The molecule has 136 valence electrons. The fourth-order valence-electron chi connectivity index (χ4n) is 4.07. The first kappa shape index (κ1) is 16.2. The quantitative estimate of drug-likeness (QED) is 0.530. The first-order chi connectivity index (χ1) is 13.2. The average molecular weight is 357 g/mol. The maximum absolute atomic E-state index is 5.08. The van der Waals surface area contributed by atoms with Gasteiger partial charge in [0.2, 0.25) is 0 Å². The van der Waals surface area contributed by atoms with Gasteiger partial charge in [-0.25, -0.2) is 4.98 Å². The largest absolute Gasteiger partial charge is 0.356 e. The number of fused-ring (bicyclic) bond motifs is 3. The Morgan fingerprint density at radius 1 is 1.04 bits per heavy atom. The number of hydrogen-bond acceptors (Lipinski definition) is 4. The standard InChI is InChI=1S/C22H23N5/c1-15-9-11-17(12-10-15)20-22-23-21(26-13-5-6-16(2)14-26)18-7-3-4-8-19(18)27(22)25-24-20/h3-4,7-12,16H,5-6,13-14H2,1-2H3/t16-/m1/s1. The van der Waals surface area contributed by atoms with E-state index in [1.165, 1.54) is 18.4 Å². The van der Waals surface area contributed by atoms with Gasteiger partial charge in [0.15, 0.2) is 5.65 Å². The van der Waals surface area contributed by atoms with Gasteiger partial charge in [0.1, 0.15) is 11.5 Å². The fraction of sp³-hybridized carbons (Fsp3) is 0.318. The van der Waals surface area contributed by atoms with E-state index >= 15 is 0 Å². The number of para-hydroxylation sites is 1. The third kappa shape index (κ3) is 2.74. The molecule has 1 aliphatic heterocycles. The lowest BCUT2D eigenvalue weighted by Gasteiger charge is -2.32. The number of piperidine rings is 1. The fourth-order valence-corrected chi connectivity index (χ4v) is 4.07. The van der Waals surface area contributed by atoms with E-state index in [0.717, 1.165) is 46.7 Å². The molecule has 0 aliphatic carbocycles. The number of aryl methyl sites for hydroxylation is 1. The van der Waals surface area contributed by atoms with Crippen LogP contribution in [0.5, 0.6) is 0 Å². The summed E-state index contributed by atoms with van der Waals surface area (Å²) in [6, 6.07) is 16.8. The predicted molar refractivity (Wildman–Crippen MR) is 109 cm³/mol. The molecule has 0 saturated carbocycles. The van der Waals surface area contributed by atoms with Crippen LogP contribution in [0.3, 0.4) is 0 Å². The Balaban J connectivity index is 1.75. The zero-order chi connectivity index (χ0) is 18.4. The second-order valence-electron chi connectivity index (χ2n) is 7.69. The summed E-state index contributed by atoms with van der Waals surface area (Å²) in [5, 5.41) is 10.0. The maximum atomic E-state index is 5.08. The van der Waals surface area contributed by atoms with E-state index < -0.39 is 0 Å². The van der Waals surface area contributed by atoms with Crippen LogP contribution in [-0.2, 0) is 0 Å². The van der Waals surface area contributed by atoms with Crippen LogP contribution in [0.4, 0.5) is 5.82 Å². The lowest BCUT2D eigenvalue weighted by molar-refractivity contribution is 0.445. The van der Waals surface area contributed by atoms with Crippen LogP contribution >= 0.6 is 0 Å². The molecule has 5 rings (SSSR count). The van der Waals surface area contributed by atoms with E-state index in [2.05, 4.69) is 77.6 Å². The molecular formula is C22H23N5. The molecule has 0 amide bonds. The Morgan fingerprint density at radius 3 is 2.67 bits per heavy atom. The summed E-state index contributed by atoms with van der Waals surface area (Å²) in [5.41, 5.74) is 5.01. The molecule has 5 nitrogen and oxygen atoms in total. The van der Waals surface area contributed by atoms with E-state index in [9.17, 15) is 0 Å². The van der Waals surface area contributed by atoms with Crippen LogP contribution in [0.25, 0.3) is 27.8 Å². The van der Waals surface area contributed by atoms with Crippen LogP contribution in [-0.4, -0.2) is 32.9 Å². The second-order valence-corrected chi connectivity index (χ2v) is 7.69. The molecule has 0 N–H and O–H groups in total. The van der Waals surface area contributed by atoms with Gasteiger partial charge in [0, 0.05) is 24.0 Å². The van der Waals surface area contributed by atoms with Gasteiger partial charge >= 0.3 is 0 Å². The minimum Gasteiger partial charge on any atom is -0.356 e. The van der Waals surface area contributed by atoms with Crippen molar-refractivity contribution >= 4 is 22.4 Å². The number of rotatable bonds is 2. The van der Waals surface area contributed by atoms with Crippen molar-refractivity contribution < 1.29 is 0 Å². The third-order valence-corrected chi connectivity index (χ3v) is 5.51. The molecule has 1 aliphatic rings. The highest BCUT2D eigenvalue weighted by atomic mass is 15.4. The summed E-state index contributed by atoms with van der Waals surface area (Å²) < 4.78 is 1.88. The van der Waals surface area contributed by atoms with Crippen LogP contribution < -0.4 is 4.90 Å². The molecule has 2 aromatic carbocycles. The Bertz CT molecular complexity index is 1110. The Labute approximate surface area is 158 Å². The van der Waals surface area contributed by atoms with Gasteiger partial charge in [-0.15, -0.1) is 5.10 Å². The van der Waals surface area contributed by atoms with Gasteiger partial charge < -0.3 is 4.90 Å². The van der Waals surface area contributed by atoms with Gasteiger partial charge in [0.25, 0.3) is 0 Å². The normalized spacial score (nSPS) is 17.7. The SMILES string of the molecule is Cc1ccc(-c2nnn3c2nc(N2CCC[C@@H](C)C2)c2ccccc23)cc1. The number of nitrogens with zero attached hydrogens (tertiary/aromatic N) is 5. The number of benzene rings is 2. The van der Waals surface area contributed by atoms with Crippen molar-refractivity contribution in [3.8, 4) is 11.3 Å². The van der Waals surface area contributed by atoms with Crippen LogP contribution in [0.2, 0.25) is 0 Å². The molecule has 0 spiro atoms. The van der Waals surface area contributed by atoms with Gasteiger partial charge in [-0.05, 0) is 37.8 Å². The monoisotopic (exact) mass is 357 g/mol. The number of anilines is 1. The lowest BCUT2D eigenvalue weighted by Crippen LogP contribution is -2.35. The Morgan fingerprint density at radius 2 is 1.85 bits per heavy atom. The van der Waals surface area contributed by atoms with E-state index in [-0.39, 0.29) is 0 Å². The lowest BCUT2D eigenvalue weighted by atomic mass is 10.00. The highest BCUT2D eigenvalue weighted by Gasteiger charge is 2.22. The molecule has 1 saturated heterocycles. The molecule has 0 bridgehead atoms. The van der Waals surface area contributed by atoms with Crippen molar-refractivity contribution in [1.29, 1.82) is 0 Å². The van der Waals surface area contributed by atoms with Crippen LogP contribution in [0, 0.1) is 12.8 Å². The van der Waals surface area contributed by atoms with Crippen LogP contribution in [0.15, 0.2) is 48.5 Å². The molecule has 4 aromatic rings. The summed E-state index contributed by atoms with van der Waals surface area (Å²) in [4.78, 5) is 7.52. The Hall–Kier alpha value is -2.95. The molecule has 2 aromatic heterocycles. The Kier molecular flexibility index (Phi) is 3.81. The minimum atomic E-state index is 0.690. The first-order valence-electron chi connectivity index (χ1n) is 9.67. The molecule has 0 unspecified atom stereocenters. The van der Waals surface area contributed by atoms with E-state index in [0.29, 0.717) is 5.92 Å². The van der Waals surface area contributed by atoms with Crippen molar-refractivity contribution in [2.75, 3.05) is 18.0 Å². The zero-order valence-electron chi connectivity index (χ0n) is 15.8. The molecule has 0 radical (unpaired) electrons. The zero-order valence-corrected chi connectivity index (χ0v) is 15.8. The molecule has 1 atom stereocenters. The summed E-state index contributed by atoms with van der Waals surface area (Å²) in [6.07, 6.45) is 2.50. The van der Waals surface area contributed by atoms with Crippen molar-refractivity contribution in [3.05, 3.63) is 54.1 Å². The maximum Gasteiger partial charge on any atom is 0.186 e. The topological polar surface area (TPSA) is 46.3 Å². The van der Waals surface area contributed by atoms with Crippen molar-refractivity contribution in [1.82, 2.24) is 19.8 Å². The van der Waals surface area contributed by atoms with Crippen LogP contribution in [0.1, 0.15) is 25.3 Å². The van der Waals surface area contributed by atoms with E-state index in [1.54, 1.807) is 0 Å².